The minimum atomic E-state index is -0.0600. The Morgan fingerprint density at radius 2 is 2.00 bits per heavy atom. The third-order valence-corrected chi connectivity index (χ3v) is 5.00. The number of hydrogen-bond donors (Lipinski definition) is 1. The van der Waals surface area contributed by atoms with Crippen LogP contribution in [-0.2, 0) is 4.79 Å². The van der Waals surface area contributed by atoms with Crippen LogP contribution in [0.5, 0.6) is 0 Å². The van der Waals surface area contributed by atoms with Crippen LogP contribution in [0.25, 0.3) is 5.69 Å². The van der Waals surface area contributed by atoms with Crippen LogP contribution < -0.4 is 5.32 Å². The molecule has 5 nitrogen and oxygen atoms in total. The predicted octanol–water partition coefficient (Wildman–Crippen LogP) is 4.43. The molecule has 0 aliphatic rings. The van der Waals surface area contributed by atoms with E-state index in [1.165, 1.54) is 17.3 Å². The summed E-state index contributed by atoms with van der Waals surface area (Å²) < 4.78 is 1.91. The largest absolute Gasteiger partial charge is 0.325 e. The third-order valence-electron chi connectivity index (χ3n) is 4.06. The molecule has 0 atom stereocenters. The van der Waals surface area contributed by atoms with E-state index in [0.29, 0.717) is 11.1 Å². The Balaban J connectivity index is 1.65. The molecule has 0 fully saturated rings. The molecule has 0 saturated heterocycles. The van der Waals surface area contributed by atoms with Gasteiger partial charge >= 0.3 is 0 Å². The van der Waals surface area contributed by atoms with Crippen LogP contribution in [-0.4, -0.2) is 26.4 Å². The van der Waals surface area contributed by atoms with Gasteiger partial charge in [-0.05, 0) is 42.2 Å². The van der Waals surface area contributed by atoms with Crippen molar-refractivity contribution in [2.75, 3.05) is 11.1 Å². The smallest absolute Gasteiger partial charge is 0.234 e. The molecule has 1 aromatic heterocycles. The lowest BCUT2D eigenvalue weighted by atomic mass is 10.0. The van der Waals surface area contributed by atoms with Gasteiger partial charge in [-0.2, -0.15) is 0 Å². The molecular formula is C20H22N4OS. The molecule has 0 unspecified atom stereocenters. The molecule has 134 valence electrons. The summed E-state index contributed by atoms with van der Waals surface area (Å²) in [6.07, 6.45) is 1.68. The highest BCUT2D eigenvalue weighted by atomic mass is 32.2. The molecule has 3 rings (SSSR count). The SMILES string of the molecule is Cc1ccccc1-n1cnnc1SCC(=O)Nc1cccc(C(C)C)c1. The van der Waals surface area contributed by atoms with Crippen LogP contribution in [0.15, 0.2) is 60.0 Å². The Morgan fingerprint density at radius 3 is 2.77 bits per heavy atom. The monoisotopic (exact) mass is 366 g/mol. The molecule has 0 radical (unpaired) electrons. The summed E-state index contributed by atoms with van der Waals surface area (Å²) in [6.45, 7) is 6.31. The van der Waals surface area contributed by atoms with Gasteiger partial charge in [-0.25, -0.2) is 0 Å². The van der Waals surface area contributed by atoms with E-state index < -0.39 is 0 Å². The van der Waals surface area contributed by atoms with E-state index in [1.54, 1.807) is 6.33 Å². The van der Waals surface area contributed by atoms with Gasteiger partial charge < -0.3 is 5.32 Å². The Morgan fingerprint density at radius 1 is 1.19 bits per heavy atom. The van der Waals surface area contributed by atoms with Crippen molar-refractivity contribution in [3.8, 4) is 5.69 Å². The molecule has 3 aromatic rings. The molecule has 0 aliphatic carbocycles. The summed E-state index contributed by atoms with van der Waals surface area (Å²) in [5.74, 6) is 0.639. The van der Waals surface area contributed by atoms with Crippen LogP contribution in [0, 0.1) is 6.92 Å². The van der Waals surface area contributed by atoms with Gasteiger partial charge in [-0.1, -0.05) is 55.9 Å². The van der Waals surface area contributed by atoms with Gasteiger partial charge in [0.25, 0.3) is 0 Å². The minimum absolute atomic E-state index is 0.0600. The maximum Gasteiger partial charge on any atom is 0.234 e. The first-order valence-electron chi connectivity index (χ1n) is 8.53. The molecule has 2 aromatic carbocycles. The van der Waals surface area contributed by atoms with Crippen molar-refractivity contribution in [3.63, 3.8) is 0 Å². The van der Waals surface area contributed by atoms with Crippen molar-refractivity contribution in [3.05, 3.63) is 66.0 Å². The zero-order valence-electron chi connectivity index (χ0n) is 15.1. The predicted molar refractivity (Wildman–Crippen MR) is 106 cm³/mol. The normalized spacial score (nSPS) is 10.9. The quantitative estimate of drug-likeness (QED) is 0.656. The third kappa shape index (κ3) is 4.32. The Kier molecular flexibility index (Phi) is 5.73. The molecule has 1 N–H and O–H groups in total. The first-order valence-corrected chi connectivity index (χ1v) is 9.52. The fourth-order valence-electron chi connectivity index (χ4n) is 2.62. The average Bonchev–Trinajstić information content (AvgIpc) is 3.09. The molecular weight excluding hydrogens is 344 g/mol. The number of carbonyl (C=O) groups excluding carboxylic acids is 1. The van der Waals surface area contributed by atoms with Crippen LogP contribution in [0.3, 0.4) is 0 Å². The summed E-state index contributed by atoms with van der Waals surface area (Å²) in [7, 11) is 0. The van der Waals surface area contributed by atoms with Crippen LogP contribution in [0.4, 0.5) is 5.69 Å². The fraction of sp³-hybridized carbons (Fsp3) is 0.250. The first-order chi connectivity index (χ1) is 12.5. The van der Waals surface area contributed by atoms with Gasteiger partial charge in [0.2, 0.25) is 5.91 Å². The maximum atomic E-state index is 12.3. The van der Waals surface area contributed by atoms with Gasteiger partial charge in [0.05, 0.1) is 11.4 Å². The van der Waals surface area contributed by atoms with Gasteiger partial charge in [-0.3, -0.25) is 9.36 Å². The molecule has 1 amide bonds. The average molecular weight is 366 g/mol. The second-order valence-electron chi connectivity index (χ2n) is 6.39. The van der Waals surface area contributed by atoms with Crippen molar-refractivity contribution in [2.24, 2.45) is 0 Å². The van der Waals surface area contributed by atoms with Crippen molar-refractivity contribution in [2.45, 2.75) is 31.8 Å². The number of anilines is 1. The second-order valence-corrected chi connectivity index (χ2v) is 7.33. The van der Waals surface area contributed by atoms with Gasteiger partial charge in [0.1, 0.15) is 6.33 Å². The molecule has 0 bridgehead atoms. The van der Waals surface area contributed by atoms with Crippen LogP contribution >= 0.6 is 11.8 Å². The Labute approximate surface area is 157 Å². The molecule has 26 heavy (non-hydrogen) atoms. The van der Waals surface area contributed by atoms with Crippen LogP contribution in [0.1, 0.15) is 30.9 Å². The van der Waals surface area contributed by atoms with Crippen molar-refractivity contribution in [1.29, 1.82) is 0 Å². The standard InChI is InChI=1S/C20H22N4OS/c1-14(2)16-8-6-9-17(11-16)22-19(25)12-26-20-23-21-13-24(20)18-10-5-4-7-15(18)3/h4-11,13-14H,12H2,1-3H3,(H,22,25). The second kappa shape index (κ2) is 8.19. The first kappa shape index (κ1) is 18.2. The molecule has 0 aliphatic heterocycles. The van der Waals surface area contributed by atoms with Crippen molar-refractivity contribution in [1.82, 2.24) is 14.8 Å². The van der Waals surface area contributed by atoms with E-state index in [2.05, 4.69) is 35.4 Å². The minimum Gasteiger partial charge on any atom is -0.325 e. The summed E-state index contributed by atoms with van der Waals surface area (Å²) in [5, 5.41) is 11.8. The number of para-hydroxylation sites is 1. The number of thioether (sulfide) groups is 1. The number of rotatable bonds is 6. The lowest BCUT2D eigenvalue weighted by Crippen LogP contribution is -2.14. The highest BCUT2D eigenvalue weighted by molar-refractivity contribution is 7.99. The molecule has 6 heteroatoms. The van der Waals surface area contributed by atoms with E-state index in [9.17, 15) is 4.79 Å². The number of nitrogens with zero attached hydrogens (tertiary/aromatic N) is 3. The van der Waals surface area contributed by atoms with E-state index in [4.69, 9.17) is 0 Å². The molecule has 0 spiro atoms. The van der Waals surface area contributed by atoms with E-state index in [-0.39, 0.29) is 11.7 Å². The Bertz CT molecular complexity index is 904. The number of carbonyl (C=O) groups is 1. The number of aryl methyl sites for hydroxylation is 1. The zero-order valence-corrected chi connectivity index (χ0v) is 16.0. The summed E-state index contributed by atoms with van der Waals surface area (Å²) in [5.41, 5.74) is 4.17. The van der Waals surface area contributed by atoms with Gasteiger partial charge in [-0.15, -0.1) is 10.2 Å². The number of benzene rings is 2. The maximum absolute atomic E-state index is 12.3. The number of amides is 1. The van der Waals surface area contributed by atoms with Crippen molar-refractivity contribution < 1.29 is 4.79 Å². The summed E-state index contributed by atoms with van der Waals surface area (Å²) in [4.78, 5) is 12.3. The van der Waals surface area contributed by atoms with Crippen LogP contribution in [0.2, 0.25) is 0 Å². The lowest BCUT2D eigenvalue weighted by Gasteiger charge is -2.10. The molecule has 0 saturated carbocycles. The summed E-state index contributed by atoms with van der Waals surface area (Å²) in [6, 6.07) is 16.0. The number of nitrogens with one attached hydrogen (secondary N) is 1. The fourth-order valence-corrected chi connectivity index (χ4v) is 3.35. The van der Waals surface area contributed by atoms with E-state index >= 15 is 0 Å². The lowest BCUT2D eigenvalue weighted by molar-refractivity contribution is -0.113. The summed E-state index contributed by atoms with van der Waals surface area (Å²) >= 11 is 1.37. The van der Waals surface area contributed by atoms with E-state index in [0.717, 1.165) is 16.9 Å². The topological polar surface area (TPSA) is 59.8 Å². The molecule has 1 heterocycles. The number of hydrogen-bond acceptors (Lipinski definition) is 4. The Hall–Kier alpha value is -2.60. The highest BCUT2D eigenvalue weighted by Gasteiger charge is 2.12. The van der Waals surface area contributed by atoms with Gasteiger partial charge in [0.15, 0.2) is 5.16 Å². The van der Waals surface area contributed by atoms with Gasteiger partial charge in [0, 0.05) is 5.69 Å². The van der Waals surface area contributed by atoms with Crippen molar-refractivity contribution >= 4 is 23.4 Å². The highest BCUT2D eigenvalue weighted by Crippen LogP contribution is 2.22. The zero-order chi connectivity index (χ0) is 18.5. The number of aromatic nitrogens is 3. The van der Waals surface area contributed by atoms with E-state index in [1.807, 2.05) is 54.0 Å².